The summed E-state index contributed by atoms with van der Waals surface area (Å²) < 4.78 is 0.733. The molecule has 104 valence electrons. The van der Waals surface area contributed by atoms with Gasteiger partial charge in [-0.05, 0) is 52.9 Å². The van der Waals surface area contributed by atoms with Crippen molar-refractivity contribution in [2.75, 3.05) is 5.32 Å². The second-order valence-corrected chi connectivity index (χ2v) is 6.30. The Hall–Kier alpha value is -0.690. The number of carbonyl (C=O) groups is 1. The van der Waals surface area contributed by atoms with Crippen molar-refractivity contribution in [3.8, 4) is 5.75 Å². The smallest absolute Gasteiger partial charge is 0.256 e. The van der Waals surface area contributed by atoms with Gasteiger partial charge in [-0.15, -0.1) is 0 Å². The Balaban J connectivity index is 2.35. The maximum absolute atomic E-state index is 12.2. The maximum atomic E-state index is 12.2. The summed E-state index contributed by atoms with van der Waals surface area (Å²) in [5.74, 6) is -0.646. The van der Waals surface area contributed by atoms with Gasteiger partial charge in [0.05, 0.1) is 16.3 Å². The Kier molecular flexibility index (Phi) is 5.01. The number of rotatable bonds is 2. The summed E-state index contributed by atoms with van der Waals surface area (Å²) in [6, 6.07) is 7.76. The number of hydrogen-bond acceptors (Lipinski definition) is 2. The van der Waals surface area contributed by atoms with Crippen LogP contribution in [-0.4, -0.2) is 11.0 Å². The highest BCUT2D eigenvalue weighted by molar-refractivity contribution is 14.1. The minimum Gasteiger partial charge on any atom is -0.504 e. The Morgan fingerprint density at radius 1 is 1.10 bits per heavy atom. The quantitative estimate of drug-likeness (QED) is 0.496. The van der Waals surface area contributed by atoms with E-state index in [1.807, 2.05) is 22.6 Å². The van der Waals surface area contributed by atoms with Crippen molar-refractivity contribution < 1.29 is 9.90 Å². The summed E-state index contributed by atoms with van der Waals surface area (Å²) in [5.41, 5.74) is 0.539. The van der Waals surface area contributed by atoms with Crippen LogP contribution in [-0.2, 0) is 0 Å². The molecule has 0 aliphatic carbocycles. The molecule has 2 aromatic carbocycles. The summed E-state index contributed by atoms with van der Waals surface area (Å²) in [6.45, 7) is 0. The predicted octanol–water partition coefficient (Wildman–Crippen LogP) is 5.21. The van der Waals surface area contributed by atoms with Crippen molar-refractivity contribution >= 4 is 69.0 Å². The normalized spacial score (nSPS) is 10.4. The maximum Gasteiger partial charge on any atom is 0.256 e. The van der Waals surface area contributed by atoms with Gasteiger partial charge in [-0.3, -0.25) is 4.79 Å². The highest BCUT2D eigenvalue weighted by Gasteiger charge is 2.15. The molecule has 0 bridgehead atoms. The molecule has 0 aromatic heterocycles. The molecular formula is C13H7Cl3INO2. The number of anilines is 1. The van der Waals surface area contributed by atoms with E-state index in [2.05, 4.69) is 5.32 Å². The average Bonchev–Trinajstić information content (AvgIpc) is 2.38. The molecule has 0 atom stereocenters. The van der Waals surface area contributed by atoms with E-state index in [0.717, 1.165) is 3.57 Å². The van der Waals surface area contributed by atoms with Crippen LogP contribution in [0.3, 0.4) is 0 Å². The molecule has 0 saturated heterocycles. The fourth-order valence-corrected chi connectivity index (χ4v) is 2.77. The first kappa shape index (κ1) is 15.7. The van der Waals surface area contributed by atoms with Crippen molar-refractivity contribution in [3.63, 3.8) is 0 Å². The van der Waals surface area contributed by atoms with Crippen LogP contribution in [0, 0.1) is 3.57 Å². The fraction of sp³-hybridized carbons (Fsp3) is 0. The average molecular weight is 442 g/mol. The van der Waals surface area contributed by atoms with E-state index in [4.69, 9.17) is 34.8 Å². The first-order chi connectivity index (χ1) is 9.38. The third-order valence-corrected chi connectivity index (χ3v) is 4.13. The molecule has 2 aromatic rings. The number of phenols is 1. The van der Waals surface area contributed by atoms with Crippen LogP contribution in [0.5, 0.6) is 5.75 Å². The molecule has 0 radical (unpaired) electrons. The summed E-state index contributed by atoms with van der Waals surface area (Å²) >= 11 is 19.5. The SMILES string of the molecule is O=C(Nc1cc(Cl)cc(Cl)c1O)c1cc(Cl)ccc1I. The number of carbonyl (C=O) groups excluding carboxylic acids is 1. The summed E-state index contributed by atoms with van der Waals surface area (Å²) in [5, 5.41) is 13.2. The van der Waals surface area contributed by atoms with Gasteiger partial charge in [0.2, 0.25) is 0 Å². The lowest BCUT2D eigenvalue weighted by Crippen LogP contribution is -2.13. The highest BCUT2D eigenvalue weighted by atomic mass is 127. The molecule has 0 saturated carbocycles. The minimum atomic E-state index is -0.412. The molecule has 20 heavy (non-hydrogen) atoms. The molecular weight excluding hydrogens is 435 g/mol. The van der Waals surface area contributed by atoms with E-state index in [1.165, 1.54) is 12.1 Å². The van der Waals surface area contributed by atoms with E-state index in [1.54, 1.807) is 18.2 Å². The third-order valence-electron chi connectivity index (χ3n) is 2.45. The topological polar surface area (TPSA) is 49.3 Å². The first-order valence-electron chi connectivity index (χ1n) is 5.33. The molecule has 0 aliphatic rings. The predicted molar refractivity (Wildman–Crippen MR) is 90.2 cm³/mol. The monoisotopic (exact) mass is 441 g/mol. The number of nitrogens with one attached hydrogen (secondary N) is 1. The highest BCUT2D eigenvalue weighted by Crippen LogP contribution is 2.35. The standard InChI is InChI=1S/C13H7Cl3INO2/c14-6-1-2-10(17)8(3-6)13(20)18-11-5-7(15)4-9(16)12(11)19/h1-5,19H,(H,18,20). The van der Waals surface area contributed by atoms with E-state index in [9.17, 15) is 9.90 Å². The molecule has 0 fully saturated rings. The van der Waals surface area contributed by atoms with Crippen molar-refractivity contribution in [2.45, 2.75) is 0 Å². The van der Waals surface area contributed by atoms with E-state index in [-0.39, 0.29) is 16.5 Å². The lowest BCUT2D eigenvalue weighted by Gasteiger charge is -2.10. The zero-order valence-corrected chi connectivity index (χ0v) is 14.2. The number of amides is 1. The summed E-state index contributed by atoms with van der Waals surface area (Å²) in [6.07, 6.45) is 0. The molecule has 2 N–H and O–H groups in total. The largest absolute Gasteiger partial charge is 0.504 e. The van der Waals surface area contributed by atoms with Crippen molar-refractivity contribution in [1.29, 1.82) is 0 Å². The van der Waals surface area contributed by atoms with E-state index < -0.39 is 5.91 Å². The second kappa shape index (κ2) is 6.39. The third kappa shape index (κ3) is 3.49. The van der Waals surface area contributed by atoms with Crippen molar-refractivity contribution in [1.82, 2.24) is 0 Å². The fourth-order valence-electron chi connectivity index (χ4n) is 1.52. The Morgan fingerprint density at radius 3 is 2.50 bits per heavy atom. The first-order valence-corrected chi connectivity index (χ1v) is 7.54. The van der Waals surface area contributed by atoms with Gasteiger partial charge >= 0.3 is 0 Å². The van der Waals surface area contributed by atoms with Gasteiger partial charge in [0, 0.05) is 13.6 Å². The summed E-state index contributed by atoms with van der Waals surface area (Å²) in [4.78, 5) is 12.2. The Labute approximate surface area is 144 Å². The van der Waals surface area contributed by atoms with Crippen LogP contribution < -0.4 is 5.32 Å². The molecule has 0 unspecified atom stereocenters. The van der Waals surface area contributed by atoms with Gasteiger partial charge in [0.1, 0.15) is 0 Å². The van der Waals surface area contributed by atoms with Gasteiger partial charge in [-0.25, -0.2) is 0 Å². The zero-order valence-electron chi connectivity index (χ0n) is 9.75. The van der Waals surface area contributed by atoms with Gasteiger partial charge < -0.3 is 10.4 Å². The lowest BCUT2D eigenvalue weighted by atomic mass is 10.2. The molecule has 2 rings (SSSR count). The van der Waals surface area contributed by atoms with Crippen LogP contribution in [0.15, 0.2) is 30.3 Å². The molecule has 0 spiro atoms. The van der Waals surface area contributed by atoms with E-state index >= 15 is 0 Å². The van der Waals surface area contributed by atoms with Crippen LogP contribution in [0.4, 0.5) is 5.69 Å². The number of halogens is 4. The van der Waals surface area contributed by atoms with Gasteiger partial charge in [-0.1, -0.05) is 34.8 Å². The number of benzene rings is 2. The van der Waals surface area contributed by atoms with Crippen LogP contribution in [0.25, 0.3) is 0 Å². The molecule has 3 nitrogen and oxygen atoms in total. The van der Waals surface area contributed by atoms with Gasteiger partial charge in [0.25, 0.3) is 5.91 Å². The van der Waals surface area contributed by atoms with E-state index in [0.29, 0.717) is 15.6 Å². The number of phenolic OH excluding ortho intramolecular Hbond substituents is 1. The van der Waals surface area contributed by atoms with Crippen LogP contribution >= 0.6 is 57.4 Å². The van der Waals surface area contributed by atoms with Crippen molar-refractivity contribution in [2.24, 2.45) is 0 Å². The van der Waals surface area contributed by atoms with Gasteiger partial charge in [0.15, 0.2) is 5.75 Å². The minimum absolute atomic E-state index is 0.0635. The molecule has 7 heteroatoms. The van der Waals surface area contributed by atoms with Gasteiger partial charge in [-0.2, -0.15) is 0 Å². The zero-order chi connectivity index (χ0) is 14.9. The Morgan fingerprint density at radius 2 is 1.80 bits per heavy atom. The van der Waals surface area contributed by atoms with Crippen LogP contribution in [0.1, 0.15) is 10.4 Å². The lowest BCUT2D eigenvalue weighted by molar-refractivity contribution is 0.102. The number of aromatic hydroxyl groups is 1. The van der Waals surface area contributed by atoms with Crippen molar-refractivity contribution in [3.05, 3.63) is 54.5 Å². The van der Waals surface area contributed by atoms with Crippen LogP contribution in [0.2, 0.25) is 15.1 Å². The molecule has 1 amide bonds. The summed E-state index contributed by atoms with van der Waals surface area (Å²) in [7, 11) is 0. The number of hydrogen-bond donors (Lipinski definition) is 2. The second-order valence-electron chi connectivity index (χ2n) is 3.86. The Bertz CT molecular complexity index is 692. The molecule has 0 aliphatic heterocycles. The molecule has 0 heterocycles.